The smallest absolute Gasteiger partial charge is 0.376 e. The summed E-state index contributed by atoms with van der Waals surface area (Å²) in [6.07, 6.45) is 0.940. The van der Waals surface area contributed by atoms with Crippen molar-refractivity contribution in [1.82, 2.24) is 11.5 Å². The van der Waals surface area contributed by atoms with Crippen molar-refractivity contribution in [2.75, 3.05) is 27.9 Å². The minimum Gasteiger partial charge on any atom is -0.376 e. The summed E-state index contributed by atoms with van der Waals surface area (Å²) in [6.45, 7) is 5.04. The molecule has 0 aliphatic heterocycles. The van der Waals surface area contributed by atoms with Crippen LogP contribution in [0.15, 0.2) is 0 Å². The molecule has 0 aliphatic carbocycles. The van der Waals surface area contributed by atoms with Gasteiger partial charge in [0.05, 0.1) is 5.67 Å². The zero-order valence-electron chi connectivity index (χ0n) is 9.92. The van der Waals surface area contributed by atoms with Gasteiger partial charge in [-0.05, 0) is 13.0 Å². The summed E-state index contributed by atoms with van der Waals surface area (Å²) in [6, 6.07) is 0. The van der Waals surface area contributed by atoms with Gasteiger partial charge in [0.1, 0.15) is 0 Å². The summed E-state index contributed by atoms with van der Waals surface area (Å²) < 4.78 is 16.1. The lowest BCUT2D eigenvalue weighted by Crippen LogP contribution is -2.60. The molecule has 1 unspecified atom stereocenters. The molecule has 0 spiro atoms. The van der Waals surface area contributed by atoms with E-state index in [9.17, 15) is 0 Å². The summed E-state index contributed by atoms with van der Waals surface area (Å²) in [5, 5.41) is 3.31. The van der Waals surface area contributed by atoms with Gasteiger partial charge in [-0.2, -0.15) is 0 Å². The molecule has 0 fully saturated rings. The lowest BCUT2D eigenvalue weighted by Gasteiger charge is -2.32. The fourth-order valence-corrected chi connectivity index (χ4v) is 3.75. The molecule has 14 heavy (non-hydrogen) atoms. The Morgan fingerprint density at radius 3 is 1.71 bits per heavy atom. The quantitative estimate of drug-likeness (QED) is 0.630. The summed E-state index contributed by atoms with van der Waals surface area (Å²) in [7, 11) is 2.44. The molecule has 0 rings (SSSR count). The number of hydrogen-bond donors (Lipinski definition) is 2. The van der Waals surface area contributed by atoms with Crippen LogP contribution in [-0.2, 0) is 13.3 Å². The second-order valence-corrected chi connectivity index (χ2v) is 5.86. The van der Waals surface area contributed by atoms with E-state index in [2.05, 4.69) is 19.2 Å². The molecular weight excluding hydrogens is 200 g/mol. The van der Waals surface area contributed by atoms with Gasteiger partial charge in [0, 0.05) is 21.3 Å². The van der Waals surface area contributed by atoms with Crippen LogP contribution in [0, 0.1) is 0 Å². The minimum atomic E-state index is -2.48. The third kappa shape index (κ3) is 3.64. The molecule has 0 aliphatic rings. The van der Waals surface area contributed by atoms with E-state index >= 15 is 0 Å². The first-order valence-electron chi connectivity index (χ1n) is 4.59. The molecule has 1 atom stereocenters. The second kappa shape index (κ2) is 8.34. The Kier molecular flexibility index (Phi) is 9.79. The summed E-state index contributed by atoms with van der Waals surface area (Å²) in [5.41, 5.74) is 0.178. The molecular formula is C8H24N2O3Si. The van der Waals surface area contributed by atoms with Crippen molar-refractivity contribution in [2.24, 2.45) is 0 Å². The third-order valence-electron chi connectivity index (χ3n) is 2.14. The summed E-state index contributed by atoms with van der Waals surface area (Å²) in [4.78, 5) is 0. The Hall–Kier alpha value is 0.0169. The first-order chi connectivity index (χ1) is 6.20. The first-order valence-corrected chi connectivity index (χ1v) is 6.39. The van der Waals surface area contributed by atoms with Crippen LogP contribution < -0.4 is 11.5 Å². The molecule has 0 bridgehead atoms. The highest BCUT2D eigenvalue weighted by molar-refractivity contribution is 6.62. The van der Waals surface area contributed by atoms with Gasteiger partial charge in [-0.25, -0.2) is 0 Å². The Morgan fingerprint density at radius 1 is 1.07 bits per heavy atom. The molecule has 0 radical (unpaired) electrons. The van der Waals surface area contributed by atoms with Crippen LogP contribution >= 0.6 is 0 Å². The fourth-order valence-electron chi connectivity index (χ4n) is 1.44. The monoisotopic (exact) mass is 224 g/mol. The Balaban J connectivity index is 0. The van der Waals surface area contributed by atoms with Crippen molar-refractivity contribution in [1.29, 1.82) is 0 Å². The zero-order valence-corrected chi connectivity index (χ0v) is 10.9. The van der Waals surface area contributed by atoms with Crippen molar-refractivity contribution in [2.45, 2.75) is 25.9 Å². The van der Waals surface area contributed by atoms with E-state index in [1.54, 1.807) is 21.3 Å². The van der Waals surface area contributed by atoms with Crippen molar-refractivity contribution in [3.8, 4) is 0 Å². The number of nitrogens with one attached hydrogen (secondary N) is 1. The van der Waals surface area contributed by atoms with E-state index in [0.29, 0.717) is 0 Å². The lowest BCUT2D eigenvalue weighted by molar-refractivity contribution is 0.106. The van der Waals surface area contributed by atoms with Gasteiger partial charge < -0.3 is 24.7 Å². The van der Waals surface area contributed by atoms with E-state index in [0.717, 1.165) is 13.0 Å². The van der Waals surface area contributed by atoms with Gasteiger partial charge in [-0.15, -0.1) is 0 Å². The molecule has 5 nitrogen and oxygen atoms in total. The van der Waals surface area contributed by atoms with Crippen molar-refractivity contribution in [3.05, 3.63) is 0 Å². The topological polar surface area (TPSA) is 74.7 Å². The van der Waals surface area contributed by atoms with Crippen molar-refractivity contribution >= 4 is 8.80 Å². The predicted molar refractivity (Wildman–Crippen MR) is 59.6 cm³/mol. The average Bonchev–Trinajstić information content (AvgIpc) is 2.19. The van der Waals surface area contributed by atoms with Gasteiger partial charge in [0.25, 0.3) is 0 Å². The van der Waals surface area contributed by atoms with Crippen LogP contribution in [0.2, 0.25) is 0 Å². The van der Waals surface area contributed by atoms with E-state index in [1.807, 2.05) is 0 Å². The average molecular weight is 224 g/mol. The third-order valence-corrected chi connectivity index (χ3v) is 5.31. The standard InChI is InChI=1S/C8H21NO3Si.H3N/c1-6-8(9-7-2)13(10-3,11-4)12-5;/h8-9H,6-7H2,1-5H3;1H3. The lowest BCUT2D eigenvalue weighted by atomic mass is 10.5. The highest BCUT2D eigenvalue weighted by atomic mass is 28.4. The minimum absolute atomic E-state index is 0. The van der Waals surface area contributed by atoms with Crippen LogP contribution in [0.1, 0.15) is 20.3 Å². The van der Waals surface area contributed by atoms with Gasteiger partial charge in [-0.1, -0.05) is 13.8 Å². The van der Waals surface area contributed by atoms with Gasteiger partial charge >= 0.3 is 8.80 Å². The molecule has 0 heterocycles. The molecule has 0 aromatic carbocycles. The van der Waals surface area contributed by atoms with Crippen LogP contribution in [0.4, 0.5) is 0 Å². The SMILES string of the molecule is CCNC(CC)[Si](OC)(OC)OC.N. The Labute approximate surface area is 88.1 Å². The molecule has 0 amide bonds. The molecule has 4 N–H and O–H groups in total. The van der Waals surface area contributed by atoms with Gasteiger partial charge in [0.15, 0.2) is 0 Å². The van der Waals surface area contributed by atoms with Crippen molar-refractivity contribution in [3.63, 3.8) is 0 Å². The predicted octanol–water partition coefficient (Wildman–Crippen LogP) is 0.954. The van der Waals surface area contributed by atoms with Crippen LogP contribution in [0.25, 0.3) is 0 Å². The maximum atomic E-state index is 5.37. The molecule has 0 saturated carbocycles. The van der Waals surface area contributed by atoms with E-state index in [4.69, 9.17) is 13.3 Å². The number of hydrogen-bond acceptors (Lipinski definition) is 5. The highest BCUT2D eigenvalue weighted by Crippen LogP contribution is 2.14. The summed E-state index contributed by atoms with van der Waals surface area (Å²) >= 11 is 0. The van der Waals surface area contributed by atoms with Crippen LogP contribution in [0.5, 0.6) is 0 Å². The Morgan fingerprint density at radius 2 is 1.50 bits per heavy atom. The van der Waals surface area contributed by atoms with E-state index < -0.39 is 8.80 Å². The molecule has 0 aromatic heterocycles. The highest BCUT2D eigenvalue weighted by Gasteiger charge is 2.45. The molecule has 88 valence electrons. The maximum absolute atomic E-state index is 5.37. The second-order valence-electron chi connectivity index (χ2n) is 2.73. The molecule has 6 heteroatoms. The van der Waals surface area contributed by atoms with Crippen molar-refractivity contribution < 1.29 is 13.3 Å². The van der Waals surface area contributed by atoms with Gasteiger partial charge in [0.2, 0.25) is 0 Å². The molecule has 0 aromatic rings. The first kappa shape index (κ1) is 16.4. The van der Waals surface area contributed by atoms with Gasteiger partial charge in [-0.3, -0.25) is 0 Å². The Bertz CT molecular complexity index is 125. The zero-order chi connectivity index (χ0) is 10.3. The normalized spacial score (nSPS) is 13.5. The largest absolute Gasteiger partial charge is 0.517 e. The van der Waals surface area contributed by atoms with Crippen LogP contribution in [-0.4, -0.2) is 42.3 Å². The molecule has 0 saturated heterocycles. The number of rotatable bonds is 7. The van der Waals surface area contributed by atoms with E-state index in [-0.39, 0.29) is 11.8 Å². The van der Waals surface area contributed by atoms with E-state index in [1.165, 1.54) is 0 Å². The van der Waals surface area contributed by atoms with Crippen LogP contribution in [0.3, 0.4) is 0 Å². The fraction of sp³-hybridized carbons (Fsp3) is 1.00. The summed E-state index contributed by atoms with van der Waals surface area (Å²) in [5.74, 6) is 0. The maximum Gasteiger partial charge on any atom is 0.517 e.